The summed E-state index contributed by atoms with van der Waals surface area (Å²) in [4.78, 5) is 30.9. The SMILES string of the molecule is CC(C)(C)OC(=O)N1CCc2oc3cc(-n4ccc(-c5ccc(C(F)(F)F)cn5)cc4=O)ccc3c2C1. The van der Waals surface area contributed by atoms with E-state index in [9.17, 15) is 22.8 Å². The summed E-state index contributed by atoms with van der Waals surface area (Å²) in [7, 11) is 0. The van der Waals surface area contributed by atoms with Gasteiger partial charge in [-0.25, -0.2) is 4.79 Å². The Morgan fingerprint density at radius 1 is 1.08 bits per heavy atom. The van der Waals surface area contributed by atoms with Crippen LogP contribution < -0.4 is 5.56 Å². The van der Waals surface area contributed by atoms with Gasteiger partial charge in [0.15, 0.2) is 0 Å². The maximum atomic E-state index is 12.9. The van der Waals surface area contributed by atoms with Crippen LogP contribution >= 0.6 is 0 Å². The van der Waals surface area contributed by atoms with Crippen LogP contribution in [0.4, 0.5) is 18.0 Å². The number of nitrogens with zero attached hydrogens (tertiary/aromatic N) is 3. The van der Waals surface area contributed by atoms with Gasteiger partial charge in [-0.15, -0.1) is 0 Å². The molecule has 7 nitrogen and oxygen atoms in total. The lowest BCUT2D eigenvalue weighted by atomic mass is 10.0. The summed E-state index contributed by atoms with van der Waals surface area (Å²) < 4.78 is 51.4. The lowest BCUT2D eigenvalue weighted by molar-refractivity contribution is -0.137. The molecule has 5 rings (SSSR count). The number of hydrogen-bond donors (Lipinski definition) is 0. The second kappa shape index (κ2) is 8.79. The van der Waals surface area contributed by atoms with E-state index < -0.39 is 17.3 Å². The fraction of sp³-hybridized carbons (Fsp3) is 0.296. The molecule has 0 spiro atoms. The van der Waals surface area contributed by atoms with Crippen LogP contribution in [0.2, 0.25) is 0 Å². The summed E-state index contributed by atoms with van der Waals surface area (Å²) in [6.07, 6.45) is -2.01. The topological polar surface area (TPSA) is 77.6 Å². The van der Waals surface area contributed by atoms with E-state index in [1.54, 1.807) is 29.3 Å². The smallest absolute Gasteiger partial charge is 0.417 e. The third kappa shape index (κ3) is 4.96. The Labute approximate surface area is 210 Å². The van der Waals surface area contributed by atoms with Crippen molar-refractivity contribution in [3.63, 3.8) is 0 Å². The highest BCUT2D eigenvalue weighted by molar-refractivity contribution is 5.85. The van der Waals surface area contributed by atoms with Crippen LogP contribution in [0.25, 0.3) is 27.9 Å². The first-order valence-electron chi connectivity index (χ1n) is 11.7. The van der Waals surface area contributed by atoms with E-state index in [4.69, 9.17) is 9.15 Å². The van der Waals surface area contributed by atoms with E-state index in [-0.39, 0.29) is 17.3 Å². The summed E-state index contributed by atoms with van der Waals surface area (Å²) in [5.41, 5.74) is 0.936. The Hall–Kier alpha value is -4.08. The molecule has 10 heteroatoms. The summed E-state index contributed by atoms with van der Waals surface area (Å²) in [5.74, 6) is 0.794. The molecular weight excluding hydrogens is 487 g/mol. The van der Waals surface area contributed by atoms with Gasteiger partial charge in [0.05, 0.1) is 23.5 Å². The van der Waals surface area contributed by atoms with Gasteiger partial charge in [0, 0.05) is 54.0 Å². The average Bonchev–Trinajstić information content (AvgIpc) is 3.19. The molecule has 192 valence electrons. The number of benzene rings is 1. The molecule has 0 saturated carbocycles. The molecule has 1 amide bonds. The van der Waals surface area contributed by atoms with Crippen LogP contribution in [0.5, 0.6) is 0 Å². The molecule has 0 bridgehead atoms. The normalized spacial score (nSPS) is 14.1. The predicted molar refractivity (Wildman–Crippen MR) is 130 cm³/mol. The highest BCUT2D eigenvalue weighted by atomic mass is 19.4. The van der Waals surface area contributed by atoms with Crippen LogP contribution in [0.1, 0.15) is 37.7 Å². The molecule has 0 atom stereocenters. The van der Waals surface area contributed by atoms with Crippen molar-refractivity contribution in [1.82, 2.24) is 14.5 Å². The first kappa shape index (κ1) is 24.6. The number of ether oxygens (including phenoxy) is 1. The zero-order chi connectivity index (χ0) is 26.5. The average molecular weight is 512 g/mol. The van der Waals surface area contributed by atoms with Crippen molar-refractivity contribution < 1.29 is 27.1 Å². The molecule has 0 N–H and O–H groups in total. The number of hydrogen-bond acceptors (Lipinski definition) is 5. The summed E-state index contributed by atoms with van der Waals surface area (Å²) in [6, 6.07) is 10.5. The first-order valence-corrected chi connectivity index (χ1v) is 11.7. The van der Waals surface area contributed by atoms with Crippen molar-refractivity contribution in [2.75, 3.05) is 6.54 Å². The van der Waals surface area contributed by atoms with Gasteiger partial charge in [0.1, 0.15) is 16.9 Å². The molecule has 1 aliphatic heterocycles. The quantitative estimate of drug-likeness (QED) is 0.332. The summed E-state index contributed by atoms with van der Waals surface area (Å²) in [5, 5.41) is 0.852. The van der Waals surface area contributed by atoms with Crippen molar-refractivity contribution >= 4 is 17.1 Å². The lowest BCUT2D eigenvalue weighted by Gasteiger charge is -2.29. The van der Waals surface area contributed by atoms with E-state index in [1.165, 1.54) is 16.7 Å². The van der Waals surface area contributed by atoms with Crippen molar-refractivity contribution in [3.8, 4) is 16.9 Å². The van der Waals surface area contributed by atoms with Crippen molar-refractivity contribution in [2.24, 2.45) is 0 Å². The zero-order valence-electron chi connectivity index (χ0n) is 20.4. The third-order valence-electron chi connectivity index (χ3n) is 6.05. The molecule has 37 heavy (non-hydrogen) atoms. The van der Waals surface area contributed by atoms with Crippen molar-refractivity contribution in [3.05, 3.63) is 82.1 Å². The Balaban J connectivity index is 1.41. The largest absolute Gasteiger partial charge is 0.461 e. The molecule has 1 aromatic carbocycles. The van der Waals surface area contributed by atoms with Crippen LogP contribution in [-0.2, 0) is 23.9 Å². The predicted octanol–water partition coefficient (Wildman–Crippen LogP) is 5.96. The number of carbonyl (C=O) groups is 1. The fourth-order valence-corrected chi connectivity index (χ4v) is 4.29. The Morgan fingerprint density at radius 2 is 1.86 bits per heavy atom. The third-order valence-corrected chi connectivity index (χ3v) is 6.05. The number of halogens is 3. The number of pyridine rings is 2. The number of carbonyl (C=O) groups excluding carboxylic acids is 1. The Morgan fingerprint density at radius 3 is 2.51 bits per heavy atom. The molecule has 1 aliphatic rings. The van der Waals surface area contributed by atoms with Crippen molar-refractivity contribution in [1.29, 1.82) is 0 Å². The van der Waals surface area contributed by atoms with Gasteiger partial charge in [0.25, 0.3) is 5.56 Å². The second-order valence-corrected chi connectivity index (χ2v) is 9.89. The minimum absolute atomic E-state index is 0.265. The Kier molecular flexibility index (Phi) is 5.85. The van der Waals surface area contributed by atoms with Crippen LogP contribution in [0, 0.1) is 0 Å². The number of furan rings is 1. The monoisotopic (exact) mass is 511 g/mol. The standard InChI is InChI=1S/C27H24F3N3O4/c1-26(2,3)37-25(35)32-10-9-22-20(15-32)19-6-5-18(13-23(19)36-22)33-11-8-16(12-24(33)34)21-7-4-17(14-31-21)27(28,29)30/h4-8,11-14H,9-10,15H2,1-3H3. The number of amides is 1. The molecule has 0 aliphatic carbocycles. The minimum atomic E-state index is -4.48. The number of aromatic nitrogens is 2. The number of fused-ring (bicyclic) bond motifs is 3. The van der Waals surface area contributed by atoms with Crippen molar-refractivity contribution in [2.45, 2.75) is 45.5 Å². The van der Waals surface area contributed by atoms with E-state index >= 15 is 0 Å². The van der Waals surface area contributed by atoms with Gasteiger partial charge in [-0.05, 0) is 51.1 Å². The lowest BCUT2D eigenvalue weighted by Crippen LogP contribution is -2.39. The number of alkyl halides is 3. The van der Waals surface area contributed by atoms with Gasteiger partial charge in [-0.1, -0.05) is 0 Å². The molecule has 0 fully saturated rings. The van der Waals surface area contributed by atoms with Gasteiger partial charge < -0.3 is 14.1 Å². The van der Waals surface area contributed by atoms with Gasteiger partial charge in [-0.2, -0.15) is 13.2 Å². The van der Waals surface area contributed by atoms with E-state index in [0.717, 1.165) is 29.0 Å². The first-order chi connectivity index (χ1) is 17.4. The number of rotatable bonds is 2. The van der Waals surface area contributed by atoms with E-state index in [0.29, 0.717) is 36.3 Å². The highest BCUT2D eigenvalue weighted by Gasteiger charge is 2.31. The Bertz CT molecular complexity index is 1550. The molecule has 0 unspecified atom stereocenters. The zero-order valence-corrected chi connectivity index (χ0v) is 20.4. The molecule has 3 aromatic heterocycles. The summed E-state index contributed by atoms with van der Waals surface area (Å²) >= 11 is 0. The van der Waals surface area contributed by atoms with Crippen LogP contribution in [0.15, 0.2) is 64.1 Å². The van der Waals surface area contributed by atoms with Crippen LogP contribution in [-0.4, -0.2) is 32.7 Å². The fourth-order valence-electron chi connectivity index (χ4n) is 4.29. The van der Waals surface area contributed by atoms with Gasteiger partial charge >= 0.3 is 12.3 Å². The minimum Gasteiger partial charge on any atom is -0.461 e. The van der Waals surface area contributed by atoms with E-state index in [2.05, 4.69) is 4.98 Å². The highest BCUT2D eigenvalue weighted by Crippen LogP contribution is 2.33. The molecule has 0 saturated heterocycles. The molecule has 4 heterocycles. The summed E-state index contributed by atoms with van der Waals surface area (Å²) in [6.45, 7) is 6.32. The van der Waals surface area contributed by atoms with Crippen LogP contribution in [0.3, 0.4) is 0 Å². The second-order valence-electron chi connectivity index (χ2n) is 9.89. The van der Waals surface area contributed by atoms with Gasteiger partial charge in [0.2, 0.25) is 0 Å². The van der Waals surface area contributed by atoms with Gasteiger partial charge in [-0.3, -0.25) is 14.3 Å². The molecular formula is C27H24F3N3O4. The molecule has 4 aromatic rings. The maximum Gasteiger partial charge on any atom is 0.417 e. The maximum absolute atomic E-state index is 12.9. The molecule has 0 radical (unpaired) electrons. The van der Waals surface area contributed by atoms with E-state index in [1.807, 2.05) is 26.8 Å².